The van der Waals surface area contributed by atoms with E-state index < -0.39 is 0 Å². The van der Waals surface area contributed by atoms with Crippen LogP contribution < -0.4 is 11.2 Å². The maximum atomic E-state index is 11.4. The summed E-state index contributed by atoms with van der Waals surface area (Å²) >= 11 is 3.28. The number of alkyl halides is 1. The Morgan fingerprint density at radius 1 is 1.46 bits per heavy atom. The third kappa shape index (κ3) is 2.30. The Bertz CT molecular complexity index is 394. The largest absolute Gasteiger partial charge is 0.330 e. The minimum Gasteiger partial charge on any atom is -0.300 e. The van der Waals surface area contributed by atoms with Crippen LogP contribution in [0.1, 0.15) is 6.42 Å². The monoisotopic (exact) mass is 246 g/mol. The van der Waals surface area contributed by atoms with Crippen molar-refractivity contribution in [1.82, 2.24) is 9.13 Å². The van der Waals surface area contributed by atoms with Gasteiger partial charge in [0.25, 0.3) is 5.56 Å². The Morgan fingerprint density at radius 2 is 2.15 bits per heavy atom. The van der Waals surface area contributed by atoms with Crippen molar-refractivity contribution in [3.05, 3.63) is 33.1 Å². The van der Waals surface area contributed by atoms with Crippen LogP contribution in [0.3, 0.4) is 0 Å². The van der Waals surface area contributed by atoms with Crippen molar-refractivity contribution in [3.8, 4) is 0 Å². The number of hydrogen-bond donors (Lipinski definition) is 0. The van der Waals surface area contributed by atoms with Gasteiger partial charge in [-0.15, -0.1) is 0 Å². The molecule has 0 unspecified atom stereocenters. The lowest BCUT2D eigenvalue weighted by Crippen LogP contribution is -2.36. The van der Waals surface area contributed by atoms with Gasteiger partial charge in [-0.25, -0.2) is 4.79 Å². The Morgan fingerprint density at radius 3 is 2.77 bits per heavy atom. The number of rotatable bonds is 3. The van der Waals surface area contributed by atoms with Gasteiger partial charge in [-0.2, -0.15) is 0 Å². The van der Waals surface area contributed by atoms with Gasteiger partial charge in [-0.1, -0.05) is 15.9 Å². The van der Waals surface area contributed by atoms with Crippen LogP contribution in [0.25, 0.3) is 0 Å². The standard InChI is InChI=1S/C8H11BrN2O2/c1-10-7(12)3-6-11(8(10)13)5-2-4-9/h3,6H,2,4-5H2,1H3. The van der Waals surface area contributed by atoms with E-state index in [2.05, 4.69) is 15.9 Å². The second-order valence-electron chi connectivity index (χ2n) is 2.73. The second kappa shape index (κ2) is 4.41. The smallest absolute Gasteiger partial charge is 0.300 e. The Balaban J connectivity index is 3.05. The molecule has 13 heavy (non-hydrogen) atoms. The maximum absolute atomic E-state index is 11.4. The maximum Gasteiger partial charge on any atom is 0.330 e. The molecule has 0 saturated heterocycles. The normalized spacial score (nSPS) is 10.3. The minimum atomic E-state index is -0.264. The first-order valence-electron chi connectivity index (χ1n) is 3.99. The highest BCUT2D eigenvalue weighted by Crippen LogP contribution is 1.89. The Kier molecular flexibility index (Phi) is 3.48. The van der Waals surface area contributed by atoms with Crippen molar-refractivity contribution in [1.29, 1.82) is 0 Å². The lowest BCUT2D eigenvalue weighted by molar-refractivity contribution is 0.594. The highest BCUT2D eigenvalue weighted by Gasteiger charge is 1.99. The van der Waals surface area contributed by atoms with E-state index in [0.717, 1.165) is 16.3 Å². The summed E-state index contributed by atoms with van der Waals surface area (Å²) in [5.74, 6) is 0. The van der Waals surface area contributed by atoms with Gasteiger partial charge >= 0.3 is 5.69 Å². The van der Waals surface area contributed by atoms with E-state index in [1.807, 2.05) is 0 Å². The average molecular weight is 247 g/mol. The highest BCUT2D eigenvalue weighted by molar-refractivity contribution is 9.09. The zero-order valence-corrected chi connectivity index (χ0v) is 8.95. The molecule has 1 aromatic heterocycles. The molecule has 0 amide bonds. The summed E-state index contributed by atoms with van der Waals surface area (Å²) in [6, 6.07) is 1.40. The lowest BCUT2D eigenvalue weighted by atomic mass is 10.4. The Labute approximate surface area is 83.9 Å². The van der Waals surface area contributed by atoms with Gasteiger partial charge in [-0.3, -0.25) is 9.36 Å². The zero-order valence-electron chi connectivity index (χ0n) is 7.36. The molecule has 0 radical (unpaired) electrons. The SMILES string of the molecule is Cn1c(=O)ccn(CCCBr)c1=O. The fourth-order valence-electron chi connectivity index (χ4n) is 1.02. The van der Waals surface area contributed by atoms with Crippen LogP contribution in [-0.4, -0.2) is 14.5 Å². The molecule has 1 rings (SSSR count). The molecule has 5 heteroatoms. The summed E-state index contributed by atoms with van der Waals surface area (Å²) < 4.78 is 2.64. The third-order valence-electron chi connectivity index (χ3n) is 1.79. The first-order chi connectivity index (χ1) is 6.16. The van der Waals surface area contributed by atoms with Crippen molar-refractivity contribution in [2.45, 2.75) is 13.0 Å². The number of halogens is 1. The molecule has 0 atom stereocenters. The molecule has 0 aliphatic heterocycles. The average Bonchev–Trinajstić information content (AvgIpc) is 2.13. The molecule has 0 fully saturated rings. The summed E-state index contributed by atoms with van der Waals surface area (Å²) in [4.78, 5) is 22.4. The molecule has 0 aliphatic rings. The van der Waals surface area contributed by atoms with E-state index in [0.29, 0.717) is 6.54 Å². The topological polar surface area (TPSA) is 44.0 Å². The molecule has 1 heterocycles. The zero-order chi connectivity index (χ0) is 9.84. The molecular formula is C8H11BrN2O2. The van der Waals surface area contributed by atoms with Crippen molar-refractivity contribution >= 4 is 15.9 Å². The number of aryl methyl sites for hydroxylation is 1. The summed E-state index contributed by atoms with van der Waals surface area (Å²) in [7, 11) is 1.48. The number of hydrogen-bond acceptors (Lipinski definition) is 2. The predicted molar refractivity (Wildman–Crippen MR) is 54.4 cm³/mol. The van der Waals surface area contributed by atoms with Crippen LogP contribution in [0.15, 0.2) is 21.9 Å². The molecular weight excluding hydrogens is 236 g/mol. The van der Waals surface area contributed by atoms with Gasteiger partial charge in [0, 0.05) is 31.2 Å². The van der Waals surface area contributed by atoms with E-state index in [1.165, 1.54) is 23.9 Å². The first kappa shape index (κ1) is 10.2. The summed E-state index contributed by atoms with van der Waals surface area (Å²) in [5.41, 5.74) is -0.520. The van der Waals surface area contributed by atoms with Gasteiger partial charge in [0.2, 0.25) is 0 Å². The van der Waals surface area contributed by atoms with Crippen LogP contribution >= 0.6 is 15.9 Å². The number of nitrogens with zero attached hydrogens (tertiary/aromatic N) is 2. The van der Waals surface area contributed by atoms with E-state index in [1.54, 1.807) is 0 Å². The summed E-state index contributed by atoms with van der Waals surface area (Å²) in [6.45, 7) is 0.637. The molecule has 0 aromatic carbocycles. The van der Waals surface area contributed by atoms with Crippen LogP contribution in [0, 0.1) is 0 Å². The van der Waals surface area contributed by atoms with Crippen molar-refractivity contribution in [2.75, 3.05) is 5.33 Å². The van der Waals surface area contributed by atoms with Crippen LogP contribution in [0.5, 0.6) is 0 Å². The van der Waals surface area contributed by atoms with Crippen LogP contribution in [0.2, 0.25) is 0 Å². The van der Waals surface area contributed by atoms with Gasteiger partial charge in [0.1, 0.15) is 0 Å². The van der Waals surface area contributed by atoms with Gasteiger partial charge in [-0.05, 0) is 6.42 Å². The molecule has 0 bridgehead atoms. The van der Waals surface area contributed by atoms with Gasteiger partial charge in [0.15, 0.2) is 0 Å². The van der Waals surface area contributed by atoms with Crippen molar-refractivity contribution < 1.29 is 0 Å². The molecule has 1 aromatic rings. The third-order valence-corrected chi connectivity index (χ3v) is 2.35. The minimum absolute atomic E-state index is 0.256. The second-order valence-corrected chi connectivity index (χ2v) is 3.52. The first-order valence-corrected chi connectivity index (χ1v) is 5.11. The van der Waals surface area contributed by atoms with E-state index in [9.17, 15) is 9.59 Å². The molecule has 4 nitrogen and oxygen atoms in total. The highest BCUT2D eigenvalue weighted by atomic mass is 79.9. The Hall–Kier alpha value is -0.840. The van der Waals surface area contributed by atoms with Crippen molar-refractivity contribution in [2.24, 2.45) is 7.05 Å². The van der Waals surface area contributed by atoms with Crippen molar-refractivity contribution in [3.63, 3.8) is 0 Å². The quantitative estimate of drug-likeness (QED) is 0.722. The summed E-state index contributed by atoms with van der Waals surface area (Å²) in [6.07, 6.45) is 2.41. The molecule has 0 spiro atoms. The molecule has 0 N–H and O–H groups in total. The molecule has 72 valence electrons. The van der Waals surface area contributed by atoms with Gasteiger partial charge in [0.05, 0.1) is 0 Å². The van der Waals surface area contributed by atoms with E-state index in [4.69, 9.17) is 0 Å². The van der Waals surface area contributed by atoms with E-state index in [-0.39, 0.29) is 11.2 Å². The lowest BCUT2D eigenvalue weighted by Gasteiger charge is -2.04. The van der Waals surface area contributed by atoms with Crippen LogP contribution in [0.4, 0.5) is 0 Å². The predicted octanol–water partition coefficient (Wildman–Crippen LogP) is 0.332. The number of aromatic nitrogens is 2. The van der Waals surface area contributed by atoms with E-state index >= 15 is 0 Å². The van der Waals surface area contributed by atoms with Crippen LogP contribution in [-0.2, 0) is 13.6 Å². The summed E-state index contributed by atoms with van der Waals surface area (Å²) in [5, 5.41) is 0.849. The van der Waals surface area contributed by atoms with Gasteiger partial charge < -0.3 is 4.57 Å². The molecule has 0 saturated carbocycles. The molecule has 0 aliphatic carbocycles. The fourth-order valence-corrected chi connectivity index (χ4v) is 1.27. The fraction of sp³-hybridized carbons (Fsp3) is 0.500.